The van der Waals surface area contributed by atoms with Gasteiger partial charge in [-0.05, 0) is 30.7 Å². The number of carbonyl (C=O) groups excluding carboxylic acids is 1. The molecule has 8 nitrogen and oxygen atoms in total. The van der Waals surface area contributed by atoms with Crippen molar-refractivity contribution in [3.63, 3.8) is 0 Å². The molecule has 1 amide bonds. The Bertz CT molecular complexity index is 1230. The molecule has 29 heavy (non-hydrogen) atoms. The van der Waals surface area contributed by atoms with Crippen molar-refractivity contribution in [2.45, 2.75) is 13.3 Å². The molecule has 0 spiro atoms. The molecule has 0 unspecified atom stereocenters. The third kappa shape index (κ3) is 3.70. The van der Waals surface area contributed by atoms with Crippen LogP contribution in [0.3, 0.4) is 0 Å². The van der Waals surface area contributed by atoms with Crippen molar-refractivity contribution in [2.75, 3.05) is 5.32 Å². The summed E-state index contributed by atoms with van der Waals surface area (Å²) >= 11 is 0. The summed E-state index contributed by atoms with van der Waals surface area (Å²) in [4.78, 5) is 31.5. The minimum absolute atomic E-state index is 0.121. The second kappa shape index (κ2) is 7.55. The van der Waals surface area contributed by atoms with Crippen molar-refractivity contribution in [2.24, 2.45) is 0 Å². The van der Waals surface area contributed by atoms with Crippen LogP contribution in [0.15, 0.2) is 64.0 Å². The van der Waals surface area contributed by atoms with E-state index in [0.717, 1.165) is 0 Å². The summed E-state index contributed by atoms with van der Waals surface area (Å²) in [5.74, 6) is -0.540. The van der Waals surface area contributed by atoms with Crippen LogP contribution in [0.4, 0.5) is 10.2 Å². The zero-order valence-corrected chi connectivity index (χ0v) is 15.3. The summed E-state index contributed by atoms with van der Waals surface area (Å²) in [6, 6.07) is 12.0. The van der Waals surface area contributed by atoms with Crippen molar-refractivity contribution >= 4 is 11.7 Å². The molecule has 0 saturated heterocycles. The zero-order chi connectivity index (χ0) is 20.4. The van der Waals surface area contributed by atoms with Crippen molar-refractivity contribution in [1.82, 2.24) is 19.7 Å². The van der Waals surface area contributed by atoms with Gasteiger partial charge >= 0.3 is 0 Å². The Morgan fingerprint density at radius 2 is 2.07 bits per heavy atom. The maximum atomic E-state index is 14.0. The van der Waals surface area contributed by atoms with Gasteiger partial charge in [-0.3, -0.25) is 14.6 Å². The first-order valence-corrected chi connectivity index (χ1v) is 8.85. The highest BCUT2D eigenvalue weighted by Gasteiger charge is 2.19. The summed E-state index contributed by atoms with van der Waals surface area (Å²) in [6.07, 6.45) is 2.03. The number of aryl methyl sites for hydroxylation is 1. The molecular weight excluding hydrogens is 377 g/mol. The maximum absolute atomic E-state index is 14.0. The van der Waals surface area contributed by atoms with Gasteiger partial charge < -0.3 is 9.73 Å². The Morgan fingerprint density at radius 3 is 2.79 bits per heavy atom. The Kier molecular flexibility index (Phi) is 4.78. The number of hydrogen-bond donors (Lipinski definition) is 2. The molecule has 0 bridgehead atoms. The van der Waals surface area contributed by atoms with Gasteiger partial charge in [0.15, 0.2) is 5.76 Å². The number of halogens is 1. The lowest BCUT2D eigenvalue weighted by molar-refractivity contribution is 0.102. The number of anilines is 1. The predicted molar refractivity (Wildman–Crippen MR) is 103 cm³/mol. The first kappa shape index (κ1) is 18.4. The summed E-state index contributed by atoms with van der Waals surface area (Å²) in [5, 5.41) is 7.01. The van der Waals surface area contributed by atoms with Gasteiger partial charge in [-0.15, -0.1) is 0 Å². The maximum Gasteiger partial charge on any atom is 0.259 e. The molecule has 0 aliphatic carbocycles. The minimum Gasteiger partial charge on any atom is -0.463 e. The number of carbonyl (C=O) groups is 1. The van der Waals surface area contributed by atoms with E-state index < -0.39 is 11.7 Å². The molecule has 0 saturated carbocycles. The Morgan fingerprint density at radius 1 is 1.24 bits per heavy atom. The van der Waals surface area contributed by atoms with E-state index in [2.05, 4.69) is 20.4 Å². The zero-order valence-electron chi connectivity index (χ0n) is 15.3. The topological polar surface area (TPSA) is 106 Å². The fourth-order valence-corrected chi connectivity index (χ4v) is 2.78. The lowest BCUT2D eigenvalue weighted by atomic mass is 10.2. The predicted octanol–water partition coefficient (Wildman–Crippen LogP) is 3.17. The van der Waals surface area contributed by atoms with Crippen LogP contribution in [0.2, 0.25) is 0 Å². The summed E-state index contributed by atoms with van der Waals surface area (Å²) in [5.41, 5.74) is 0.491. The van der Waals surface area contributed by atoms with Gasteiger partial charge in [0.1, 0.15) is 17.3 Å². The van der Waals surface area contributed by atoms with Crippen molar-refractivity contribution in [3.8, 4) is 17.4 Å². The smallest absolute Gasteiger partial charge is 0.259 e. The minimum atomic E-state index is -0.663. The molecule has 4 aromatic rings. The number of benzene rings is 1. The Hall–Kier alpha value is -4.01. The third-order valence-electron chi connectivity index (χ3n) is 4.19. The average molecular weight is 393 g/mol. The monoisotopic (exact) mass is 393 g/mol. The molecule has 0 fully saturated rings. The molecule has 3 heterocycles. The van der Waals surface area contributed by atoms with Crippen LogP contribution in [0, 0.1) is 5.82 Å². The molecule has 4 rings (SSSR count). The number of aromatic nitrogens is 4. The van der Waals surface area contributed by atoms with E-state index in [1.54, 1.807) is 24.3 Å². The second-order valence-electron chi connectivity index (χ2n) is 6.15. The summed E-state index contributed by atoms with van der Waals surface area (Å²) in [7, 11) is 0. The highest BCUT2D eigenvalue weighted by molar-refractivity contribution is 6.04. The van der Waals surface area contributed by atoms with E-state index in [0.29, 0.717) is 23.6 Å². The van der Waals surface area contributed by atoms with E-state index in [-0.39, 0.29) is 22.9 Å². The van der Waals surface area contributed by atoms with Gasteiger partial charge in [0.2, 0.25) is 5.95 Å². The van der Waals surface area contributed by atoms with Crippen LogP contribution in [0.1, 0.15) is 23.0 Å². The van der Waals surface area contributed by atoms with Crippen LogP contribution < -0.4 is 10.9 Å². The highest BCUT2D eigenvalue weighted by atomic mass is 19.1. The largest absolute Gasteiger partial charge is 0.463 e. The second-order valence-corrected chi connectivity index (χ2v) is 6.15. The molecule has 3 aromatic heterocycles. The highest BCUT2D eigenvalue weighted by Crippen LogP contribution is 2.24. The molecule has 146 valence electrons. The molecule has 0 atom stereocenters. The first-order valence-electron chi connectivity index (χ1n) is 8.85. The number of nitrogens with one attached hydrogen (secondary N) is 2. The van der Waals surface area contributed by atoms with Gasteiger partial charge in [0.05, 0.1) is 11.8 Å². The van der Waals surface area contributed by atoms with E-state index in [9.17, 15) is 14.0 Å². The average Bonchev–Trinajstić information content (AvgIpc) is 3.37. The molecule has 0 aliphatic rings. The molecule has 2 N–H and O–H groups in total. The van der Waals surface area contributed by atoms with Gasteiger partial charge in [-0.25, -0.2) is 9.37 Å². The molecule has 0 aliphatic heterocycles. The van der Waals surface area contributed by atoms with E-state index in [1.165, 1.54) is 35.2 Å². The first-order chi connectivity index (χ1) is 14.0. The van der Waals surface area contributed by atoms with E-state index >= 15 is 0 Å². The number of aromatic amines is 1. The third-order valence-corrected chi connectivity index (χ3v) is 4.19. The number of amides is 1. The van der Waals surface area contributed by atoms with E-state index in [1.807, 2.05) is 6.92 Å². The fraction of sp³-hybridized carbons (Fsp3) is 0.100. The van der Waals surface area contributed by atoms with E-state index in [4.69, 9.17) is 4.42 Å². The van der Waals surface area contributed by atoms with Crippen molar-refractivity contribution in [1.29, 1.82) is 0 Å². The van der Waals surface area contributed by atoms with Crippen LogP contribution in [0.5, 0.6) is 0 Å². The normalized spacial score (nSPS) is 10.8. The van der Waals surface area contributed by atoms with Gasteiger partial charge in [-0.2, -0.15) is 9.78 Å². The van der Waals surface area contributed by atoms with Crippen LogP contribution in [0.25, 0.3) is 17.4 Å². The molecule has 9 heteroatoms. The van der Waals surface area contributed by atoms with Gasteiger partial charge in [0.25, 0.3) is 11.5 Å². The van der Waals surface area contributed by atoms with Crippen LogP contribution >= 0.6 is 0 Å². The standard InChI is InChI=1S/C20H16FN5O3/c1-2-12-10-18(27)24-20(22-12)26-17(11-15(25-26)16-8-5-9-29-16)23-19(28)13-6-3-4-7-14(13)21/h3-11H,2H2,1H3,(H,23,28)(H,22,24,27). The van der Waals surface area contributed by atoms with Crippen molar-refractivity contribution < 1.29 is 13.6 Å². The Labute approximate surface area is 164 Å². The lowest BCUT2D eigenvalue weighted by Gasteiger charge is -2.09. The van der Waals surface area contributed by atoms with Crippen LogP contribution in [-0.2, 0) is 6.42 Å². The SMILES string of the molecule is CCc1cc(=O)[nH]c(-n2nc(-c3ccco3)cc2NC(=O)c2ccccc2F)n1. The summed E-state index contributed by atoms with van der Waals surface area (Å²) in [6.45, 7) is 1.86. The number of nitrogens with zero attached hydrogens (tertiary/aromatic N) is 3. The summed E-state index contributed by atoms with van der Waals surface area (Å²) < 4.78 is 20.6. The lowest BCUT2D eigenvalue weighted by Crippen LogP contribution is -2.19. The van der Waals surface area contributed by atoms with Gasteiger partial charge in [-0.1, -0.05) is 19.1 Å². The number of furan rings is 1. The Balaban J connectivity index is 1.80. The molecule has 1 aromatic carbocycles. The quantitative estimate of drug-likeness (QED) is 0.542. The fourth-order valence-electron chi connectivity index (χ4n) is 2.78. The number of H-pyrrole nitrogens is 1. The van der Waals surface area contributed by atoms with Crippen LogP contribution in [-0.4, -0.2) is 25.7 Å². The number of hydrogen-bond acceptors (Lipinski definition) is 5. The molecular formula is C20H16FN5O3. The van der Waals surface area contributed by atoms with Crippen molar-refractivity contribution in [3.05, 3.63) is 82.2 Å². The van der Waals surface area contributed by atoms with Gasteiger partial charge in [0, 0.05) is 17.8 Å². The molecule has 0 radical (unpaired) electrons. The number of rotatable bonds is 5.